The molecule has 10 heavy (non-hydrogen) atoms. The van der Waals surface area contributed by atoms with E-state index in [-0.39, 0.29) is 10.6 Å². The summed E-state index contributed by atoms with van der Waals surface area (Å²) in [6, 6.07) is 0. The summed E-state index contributed by atoms with van der Waals surface area (Å²) in [5, 5.41) is 8.37. The Morgan fingerprint density at radius 2 is 2.50 bits per heavy atom. The quantitative estimate of drug-likeness (QED) is 0.640. The van der Waals surface area contributed by atoms with Crippen LogP contribution in [0.2, 0.25) is 0 Å². The summed E-state index contributed by atoms with van der Waals surface area (Å²) in [4.78, 5) is 24.0. The summed E-state index contributed by atoms with van der Waals surface area (Å²) in [6.45, 7) is 0. The van der Waals surface area contributed by atoms with Gasteiger partial charge in [0.15, 0.2) is 12.0 Å². The standard InChI is InChI=1S/C5H3NO3S/c7-1-3-4(5(8)9)6-2-10-3/h1-2H,(H,8,9). The zero-order valence-electron chi connectivity index (χ0n) is 4.77. The van der Waals surface area contributed by atoms with Gasteiger partial charge in [0.25, 0.3) is 0 Å². The molecule has 0 aromatic carbocycles. The van der Waals surface area contributed by atoms with E-state index in [0.717, 1.165) is 11.3 Å². The number of hydrogen-bond acceptors (Lipinski definition) is 4. The van der Waals surface area contributed by atoms with E-state index in [0.29, 0.717) is 6.29 Å². The van der Waals surface area contributed by atoms with Gasteiger partial charge in [-0.15, -0.1) is 11.3 Å². The topological polar surface area (TPSA) is 67.3 Å². The maximum atomic E-state index is 10.2. The van der Waals surface area contributed by atoms with Crippen LogP contribution in [-0.2, 0) is 0 Å². The smallest absolute Gasteiger partial charge is 0.356 e. The second kappa shape index (κ2) is 2.57. The van der Waals surface area contributed by atoms with Crippen molar-refractivity contribution in [2.45, 2.75) is 0 Å². The Labute approximate surface area is 60.1 Å². The van der Waals surface area contributed by atoms with Crippen LogP contribution in [0.5, 0.6) is 0 Å². The Bertz CT molecular complexity index is 268. The minimum Gasteiger partial charge on any atom is -0.476 e. The largest absolute Gasteiger partial charge is 0.476 e. The summed E-state index contributed by atoms with van der Waals surface area (Å²) < 4.78 is 0. The minimum atomic E-state index is -1.16. The molecule has 0 unspecified atom stereocenters. The molecule has 0 aliphatic carbocycles. The van der Waals surface area contributed by atoms with Crippen molar-refractivity contribution in [2.24, 2.45) is 0 Å². The second-order valence-corrected chi connectivity index (χ2v) is 2.37. The molecule has 5 heteroatoms. The lowest BCUT2D eigenvalue weighted by atomic mass is 10.4. The predicted octanol–water partition coefficient (Wildman–Crippen LogP) is 0.654. The van der Waals surface area contributed by atoms with Crippen molar-refractivity contribution in [3.05, 3.63) is 16.1 Å². The molecule has 0 saturated carbocycles. The van der Waals surface area contributed by atoms with Gasteiger partial charge in [0.05, 0.1) is 5.51 Å². The van der Waals surface area contributed by atoms with E-state index in [1.165, 1.54) is 5.51 Å². The van der Waals surface area contributed by atoms with E-state index >= 15 is 0 Å². The summed E-state index contributed by atoms with van der Waals surface area (Å²) >= 11 is 1.02. The monoisotopic (exact) mass is 157 g/mol. The average molecular weight is 157 g/mol. The highest BCUT2D eigenvalue weighted by atomic mass is 32.1. The summed E-state index contributed by atoms with van der Waals surface area (Å²) in [7, 11) is 0. The van der Waals surface area contributed by atoms with Gasteiger partial charge in [-0.25, -0.2) is 9.78 Å². The number of aldehydes is 1. The number of carbonyl (C=O) groups excluding carboxylic acids is 1. The molecule has 1 aromatic rings. The molecule has 0 aliphatic heterocycles. The molecule has 0 atom stereocenters. The van der Waals surface area contributed by atoms with Crippen molar-refractivity contribution in [2.75, 3.05) is 0 Å². The molecule has 4 nitrogen and oxygen atoms in total. The summed E-state index contributed by atoms with van der Waals surface area (Å²) in [6.07, 6.45) is 0.487. The van der Waals surface area contributed by atoms with Crippen molar-refractivity contribution >= 4 is 23.6 Å². The first-order valence-electron chi connectivity index (χ1n) is 2.37. The first-order valence-corrected chi connectivity index (χ1v) is 3.25. The number of rotatable bonds is 2. The van der Waals surface area contributed by atoms with Gasteiger partial charge in [-0.05, 0) is 0 Å². The number of nitrogens with zero attached hydrogens (tertiary/aromatic N) is 1. The maximum Gasteiger partial charge on any atom is 0.356 e. The Morgan fingerprint density at radius 1 is 1.80 bits per heavy atom. The summed E-state index contributed by atoms with van der Waals surface area (Å²) in [5.74, 6) is -1.16. The van der Waals surface area contributed by atoms with E-state index in [1.54, 1.807) is 0 Å². The molecule has 0 amide bonds. The number of aromatic nitrogens is 1. The predicted molar refractivity (Wildman–Crippen MR) is 34.5 cm³/mol. The van der Waals surface area contributed by atoms with Gasteiger partial charge in [-0.3, -0.25) is 4.79 Å². The highest BCUT2D eigenvalue weighted by molar-refractivity contribution is 7.11. The van der Waals surface area contributed by atoms with E-state index in [1.807, 2.05) is 0 Å². The maximum absolute atomic E-state index is 10.2. The SMILES string of the molecule is O=Cc1scnc1C(=O)O. The van der Waals surface area contributed by atoms with E-state index in [2.05, 4.69) is 4.98 Å². The van der Waals surface area contributed by atoms with Crippen molar-refractivity contribution in [3.8, 4) is 0 Å². The molecule has 0 aliphatic rings. The van der Waals surface area contributed by atoms with Gasteiger partial charge in [0.2, 0.25) is 0 Å². The highest BCUT2D eigenvalue weighted by Gasteiger charge is 2.11. The van der Waals surface area contributed by atoms with Gasteiger partial charge in [-0.2, -0.15) is 0 Å². The first kappa shape index (κ1) is 6.88. The van der Waals surface area contributed by atoms with Crippen molar-refractivity contribution < 1.29 is 14.7 Å². The van der Waals surface area contributed by atoms with E-state index < -0.39 is 5.97 Å². The van der Waals surface area contributed by atoms with E-state index in [9.17, 15) is 9.59 Å². The number of carbonyl (C=O) groups is 2. The molecule has 0 saturated heterocycles. The molecule has 0 fully saturated rings. The number of thiazole rings is 1. The fourth-order valence-electron chi connectivity index (χ4n) is 0.499. The van der Waals surface area contributed by atoms with Crippen LogP contribution in [0.4, 0.5) is 0 Å². The highest BCUT2D eigenvalue weighted by Crippen LogP contribution is 2.09. The van der Waals surface area contributed by atoms with Crippen LogP contribution >= 0.6 is 11.3 Å². The molecule has 1 rings (SSSR count). The molecule has 0 bridgehead atoms. The zero-order valence-corrected chi connectivity index (χ0v) is 5.59. The molecule has 52 valence electrons. The third-order valence-corrected chi connectivity index (χ3v) is 1.66. The fraction of sp³-hybridized carbons (Fsp3) is 0. The van der Waals surface area contributed by atoms with E-state index in [4.69, 9.17) is 5.11 Å². The van der Waals surface area contributed by atoms with Gasteiger partial charge in [0, 0.05) is 0 Å². The van der Waals surface area contributed by atoms with Gasteiger partial charge >= 0.3 is 5.97 Å². The van der Waals surface area contributed by atoms with Crippen LogP contribution in [0, 0.1) is 0 Å². The average Bonchev–Trinajstić information content (AvgIpc) is 2.33. The van der Waals surface area contributed by atoms with Crippen molar-refractivity contribution in [3.63, 3.8) is 0 Å². The zero-order chi connectivity index (χ0) is 7.56. The molecule has 1 aromatic heterocycles. The Hall–Kier alpha value is -1.23. The molecule has 0 radical (unpaired) electrons. The van der Waals surface area contributed by atoms with Crippen LogP contribution in [0.1, 0.15) is 20.2 Å². The molecule has 1 heterocycles. The molecule has 0 spiro atoms. The molecular weight excluding hydrogens is 154 g/mol. The number of aromatic carboxylic acids is 1. The van der Waals surface area contributed by atoms with Crippen molar-refractivity contribution in [1.82, 2.24) is 4.98 Å². The number of hydrogen-bond donors (Lipinski definition) is 1. The minimum absolute atomic E-state index is 0.160. The van der Waals surface area contributed by atoms with Gasteiger partial charge < -0.3 is 5.11 Å². The van der Waals surface area contributed by atoms with Crippen LogP contribution in [0.3, 0.4) is 0 Å². The first-order chi connectivity index (χ1) is 4.75. The van der Waals surface area contributed by atoms with Gasteiger partial charge in [0.1, 0.15) is 4.88 Å². The normalized spacial score (nSPS) is 9.20. The Balaban J connectivity index is 3.13. The Kier molecular flexibility index (Phi) is 1.77. The lowest BCUT2D eigenvalue weighted by Crippen LogP contribution is -1.99. The fourth-order valence-corrected chi connectivity index (χ4v) is 1.08. The lowest BCUT2D eigenvalue weighted by Gasteiger charge is -1.83. The van der Waals surface area contributed by atoms with Gasteiger partial charge in [-0.1, -0.05) is 0 Å². The van der Waals surface area contributed by atoms with Crippen LogP contribution < -0.4 is 0 Å². The number of carboxylic acid groups (broad SMARTS) is 1. The number of carboxylic acids is 1. The summed E-state index contributed by atoms with van der Waals surface area (Å²) in [5.41, 5.74) is 1.16. The third kappa shape index (κ3) is 1.03. The lowest BCUT2D eigenvalue weighted by molar-refractivity contribution is 0.0688. The van der Waals surface area contributed by atoms with Crippen LogP contribution in [0.15, 0.2) is 5.51 Å². The van der Waals surface area contributed by atoms with Crippen molar-refractivity contribution in [1.29, 1.82) is 0 Å². The third-order valence-electron chi connectivity index (χ3n) is 0.904. The second-order valence-electron chi connectivity index (χ2n) is 1.49. The molecular formula is C5H3NO3S. The van der Waals surface area contributed by atoms with Crippen LogP contribution in [-0.4, -0.2) is 22.3 Å². The van der Waals surface area contributed by atoms with Crippen LogP contribution in [0.25, 0.3) is 0 Å². The Morgan fingerprint density at radius 3 is 2.90 bits per heavy atom. The molecule has 1 N–H and O–H groups in total.